The summed E-state index contributed by atoms with van der Waals surface area (Å²) < 4.78 is 10.2. The molecule has 0 fully saturated rings. The maximum absolute atomic E-state index is 11.5. The number of carbonyl (C=O) groups is 1. The van der Waals surface area contributed by atoms with Crippen LogP contribution in [-0.4, -0.2) is 29.7 Å². The van der Waals surface area contributed by atoms with Crippen molar-refractivity contribution in [3.63, 3.8) is 0 Å². The standard InChI is InChI=1S/C21H22N4O3/c1-4-28-18-11-9-16(10-12-18)23-19-13-14(2)22-21(25-19)24-17-7-5-15(6-8-17)20(26)27-3/h5-13H,4H2,1-3H3,(H2,22,23,24,25). The second-order valence-corrected chi connectivity index (χ2v) is 5.99. The molecule has 0 aliphatic heterocycles. The van der Waals surface area contributed by atoms with E-state index in [1.165, 1.54) is 7.11 Å². The third kappa shape index (κ3) is 4.97. The maximum Gasteiger partial charge on any atom is 0.337 e. The Morgan fingerprint density at radius 1 is 0.964 bits per heavy atom. The fourth-order valence-electron chi connectivity index (χ4n) is 2.57. The van der Waals surface area contributed by atoms with Crippen molar-refractivity contribution in [2.45, 2.75) is 13.8 Å². The van der Waals surface area contributed by atoms with E-state index >= 15 is 0 Å². The Balaban J connectivity index is 1.73. The number of rotatable bonds is 7. The van der Waals surface area contributed by atoms with Gasteiger partial charge in [-0.25, -0.2) is 9.78 Å². The van der Waals surface area contributed by atoms with Gasteiger partial charge < -0.3 is 20.1 Å². The first-order valence-electron chi connectivity index (χ1n) is 8.88. The first kappa shape index (κ1) is 19.2. The van der Waals surface area contributed by atoms with Gasteiger partial charge >= 0.3 is 5.97 Å². The fraction of sp³-hybridized carbons (Fsp3) is 0.190. The first-order chi connectivity index (χ1) is 13.6. The van der Waals surface area contributed by atoms with Gasteiger partial charge in [-0.1, -0.05) is 0 Å². The summed E-state index contributed by atoms with van der Waals surface area (Å²) in [5, 5.41) is 6.41. The number of hydrogen-bond donors (Lipinski definition) is 2. The minimum absolute atomic E-state index is 0.375. The van der Waals surface area contributed by atoms with Crippen LogP contribution in [-0.2, 0) is 4.74 Å². The van der Waals surface area contributed by atoms with Gasteiger partial charge in [-0.2, -0.15) is 4.98 Å². The third-order valence-electron chi connectivity index (χ3n) is 3.85. The Bertz CT molecular complexity index is 941. The van der Waals surface area contributed by atoms with Crippen molar-refractivity contribution < 1.29 is 14.3 Å². The van der Waals surface area contributed by atoms with Gasteiger partial charge in [0.05, 0.1) is 19.3 Å². The zero-order chi connectivity index (χ0) is 19.9. The van der Waals surface area contributed by atoms with E-state index < -0.39 is 0 Å². The number of benzene rings is 2. The number of nitrogens with one attached hydrogen (secondary N) is 2. The lowest BCUT2D eigenvalue weighted by atomic mass is 10.2. The number of nitrogens with zero attached hydrogens (tertiary/aromatic N) is 2. The highest BCUT2D eigenvalue weighted by Gasteiger charge is 2.07. The van der Waals surface area contributed by atoms with Gasteiger partial charge in [0.1, 0.15) is 11.6 Å². The average molecular weight is 378 g/mol. The molecule has 0 atom stereocenters. The van der Waals surface area contributed by atoms with E-state index in [0.717, 1.165) is 22.8 Å². The Labute approximate surface area is 163 Å². The lowest BCUT2D eigenvalue weighted by Crippen LogP contribution is -2.03. The van der Waals surface area contributed by atoms with Gasteiger partial charge in [-0.05, 0) is 62.4 Å². The summed E-state index contributed by atoms with van der Waals surface area (Å²) >= 11 is 0. The minimum atomic E-state index is -0.375. The Hall–Kier alpha value is -3.61. The van der Waals surface area contributed by atoms with Gasteiger partial charge in [0, 0.05) is 23.1 Å². The molecule has 2 aromatic carbocycles. The topological polar surface area (TPSA) is 85.4 Å². The number of esters is 1. The van der Waals surface area contributed by atoms with Crippen LogP contribution >= 0.6 is 0 Å². The summed E-state index contributed by atoms with van der Waals surface area (Å²) in [6.07, 6.45) is 0. The molecule has 0 saturated heterocycles. The molecule has 0 saturated carbocycles. The molecule has 0 radical (unpaired) electrons. The summed E-state index contributed by atoms with van der Waals surface area (Å²) in [6.45, 7) is 4.48. The van der Waals surface area contributed by atoms with E-state index in [1.807, 2.05) is 44.2 Å². The molecule has 1 aromatic heterocycles. The van der Waals surface area contributed by atoms with Crippen LogP contribution in [0.25, 0.3) is 0 Å². The number of carbonyl (C=O) groups excluding carboxylic acids is 1. The Morgan fingerprint density at radius 3 is 2.25 bits per heavy atom. The van der Waals surface area contributed by atoms with Crippen molar-refractivity contribution in [1.29, 1.82) is 0 Å². The number of aromatic nitrogens is 2. The number of hydrogen-bond acceptors (Lipinski definition) is 7. The van der Waals surface area contributed by atoms with Crippen LogP contribution in [0.2, 0.25) is 0 Å². The predicted octanol–water partition coefficient (Wildman–Crippen LogP) is 4.46. The largest absolute Gasteiger partial charge is 0.494 e. The summed E-state index contributed by atoms with van der Waals surface area (Å²) in [6, 6.07) is 16.5. The molecule has 0 aliphatic rings. The monoisotopic (exact) mass is 378 g/mol. The van der Waals surface area contributed by atoms with Crippen LogP contribution in [0.3, 0.4) is 0 Å². The van der Waals surface area contributed by atoms with E-state index in [2.05, 4.69) is 20.6 Å². The van der Waals surface area contributed by atoms with Crippen LogP contribution in [0, 0.1) is 6.92 Å². The van der Waals surface area contributed by atoms with Crippen molar-refractivity contribution in [3.8, 4) is 5.75 Å². The average Bonchev–Trinajstić information content (AvgIpc) is 2.69. The van der Waals surface area contributed by atoms with Gasteiger partial charge in [-0.15, -0.1) is 0 Å². The maximum atomic E-state index is 11.5. The Morgan fingerprint density at radius 2 is 1.61 bits per heavy atom. The highest BCUT2D eigenvalue weighted by Crippen LogP contribution is 2.21. The van der Waals surface area contributed by atoms with Crippen LogP contribution in [0.15, 0.2) is 54.6 Å². The molecule has 0 amide bonds. The van der Waals surface area contributed by atoms with E-state index in [4.69, 9.17) is 9.47 Å². The predicted molar refractivity (Wildman–Crippen MR) is 109 cm³/mol. The minimum Gasteiger partial charge on any atom is -0.494 e. The highest BCUT2D eigenvalue weighted by atomic mass is 16.5. The van der Waals surface area contributed by atoms with Crippen molar-refractivity contribution in [2.24, 2.45) is 0 Å². The van der Waals surface area contributed by atoms with Crippen LogP contribution in [0.1, 0.15) is 23.0 Å². The van der Waals surface area contributed by atoms with Gasteiger partial charge in [0.25, 0.3) is 0 Å². The molecule has 3 rings (SSSR count). The van der Waals surface area contributed by atoms with Gasteiger partial charge in [0.2, 0.25) is 5.95 Å². The first-order valence-corrected chi connectivity index (χ1v) is 8.88. The van der Waals surface area contributed by atoms with E-state index in [1.54, 1.807) is 24.3 Å². The second kappa shape index (κ2) is 8.85. The zero-order valence-electron chi connectivity index (χ0n) is 16.0. The molecule has 0 aliphatic carbocycles. The van der Waals surface area contributed by atoms with Crippen molar-refractivity contribution in [1.82, 2.24) is 9.97 Å². The molecular formula is C21H22N4O3. The number of ether oxygens (including phenoxy) is 2. The molecule has 1 heterocycles. The third-order valence-corrected chi connectivity index (χ3v) is 3.85. The summed E-state index contributed by atoms with van der Waals surface area (Å²) in [7, 11) is 1.36. The molecule has 0 spiro atoms. The van der Waals surface area contributed by atoms with E-state index in [0.29, 0.717) is 23.9 Å². The molecule has 144 valence electrons. The lowest BCUT2D eigenvalue weighted by Gasteiger charge is -2.11. The number of aryl methyl sites for hydroxylation is 1. The van der Waals surface area contributed by atoms with Crippen molar-refractivity contribution in [3.05, 3.63) is 65.9 Å². The summed E-state index contributed by atoms with van der Waals surface area (Å²) in [5.74, 6) is 1.58. The normalized spacial score (nSPS) is 10.2. The molecule has 28 heavy (non-hydrogen) atoms. The summed E-state index contributed by atoms with van der Waals surface area (Å²) in [4.78, 5) is 20.4. The number of methoxy groups -OCH3 is 1. The van der Waals surface area contributed by atoms with E-state index in [9.17, 15) is 4.79 Å². The van der Waals surface area contributed by atoms with Crippen LogP contribution in [0.4, 0.5) is 23.1 Å². The Kier molecular flexibility index (Phi) is 6.06. The number of anilines is 4. The van der Waals surface area contributed by atoms with Gasteiger partial charge in [-0.3, -0.25) is 0 Å². The SMILES string of the molecule is CCOc1ccc(Nc2cc(C)nc(Nc3ccc(C(=O)OC)cc3)n2)cc1. The quantitative estimate of drug-likeness (QED) is 0.587. The molecule has 7 nitrogen and oxygen atoms in total. The molecule has 0 bridgehead atoms. The molecule has 2 N–H and O–H groups in total. The molecule has 7 heteroatoms. The second-order valence-electron chi connectivity index (χ2n) is 5.99. The van der Waals surface area contributed by atoms with Crippen molar-refractivity contribution >= 4 is 29.1 Å². The smallest absolute Gasteiger partial charge is 0.337 e. The fourth-order valence-corrected chi connectivity index (χ4v) is 2.57. The summed E-state index contributed by atoms with van der Waals surface area (Å²) in [5.41, 5.74) is 2.97. The highest BCUT2D eigenvalue weighted by molar-refractivity contribution is 5.89. The van der Waals surface area contributed by atoms with Crippen LogP contribution in [0.5, 0.6) is 5.75 Å². The van der Waals surface area contributed by atoms with Crippen molar-refractivity contribution in [2.75, 3.05) is 24.4 Å². The molecule has 0 unspecified atom stereocenters. The molecule has 3 aromatic rings. The molecular weight excluding hydrogens is 356 g/mol. The zero-order valence-corrected chi connectivity index (χ0v) is 16.0. The van der Waals surface area contributed by atoms with E-state index in [-0.39, 0.29) is 5.97 Å². The van der Waals surface area contributed by atoms with Crippen LogP contribution < -0.4 is 15.4 Å². The lowest BCUT2D eigenvalue weighted by molar-refractivity contribution is 0.0601. The van der Waals surface area contributed by atoms with Gasteiger partial charge in [0.15, 0.2) is 0 Å².